The summed E-state index contributed by atoms with van der Waals surface area (Å²) >= 11 is 2.94. The van der Waals surface area contributed by atoms with Crippen LogP contribution in [0.3, 0.4) is 0 Å². The number of para-hydroxylation sites is 1. The predicted octanol–water partition coefficient (Wildman–Crippen LogP) is 2.70. The molecule has 9 heteroatoms. The van der Waals surface area contributed by atoms with E-state index in [0.717, 1.165) is 23.3 Å². The Morgan fingerprint density at radius 1 is 1.25 bits per heavy atom. The second kappa shape index (κ2) is 9.61. The van der Waals surface area contributed by atoms with Crippen molar-refractivity contribution in [1.82, 2.24) is 20.2 Å². The number of ether oxygens (including phenoxy) is 1. The Morgan fingerprint density at radius 3 is 2.75 bits per heavy atom. The molecule has 2 heterocycles. The van der Waals surface area contributed by atoms with Gasteiger partial charge in [-0.1, -0.05) is 36.0 Å². The van der Waals surface area contributed by atoms with Gasteiger partial charge in [-0.15, -0.1) is 21.5 Å². The molecule has 7 nitrogen and oxygen atoms in total. The van der Waals surface area contributed by atoms with Crippen molar-refractivity contribution < 1.29 is 9.53 Å². The van der Waals surface area contributed by atoms with Crippen LogP contribution in [0.1, 0.15) is 21.8 Å². The topological polar surface area (TPSA) is 95.1 Å². The van der Waals surface area contributed by atoms with Gasteiger partial charge in [0.25, 0.3) is 0 Å². The van der Waals surface area contributed by atoms with Gasteiger partial charge in [0, 0.05) is 11.4 Å². The summed E-state index contributed by atoms with van der Waals surface area (Å²) in [5.74, 6) is 7.56. The Kier molecular flexibility index (Phi) is 6.94. The zero-order valence-electron chi connectivity index (χ0n) is 15.8. The second-order valence-electron chi connectivity index (χ2n) is 6.25. The number of nitrogens with two attached hydrogens (primary N) is 1. The van der Waals surface area contributed by atoms with E-state index in [1.165, 1.54) is 21.3 Å². The first-order valence-corrected chi connectivity index (χ1v) is 10.7. The summed E-state index contributed by atoms with van der Waals surface area (Å²) in [5.41, 5.74) is 2.11. The van der Waals surface area contributed by atoms with Gasteiger partial charge in [-0.2, -0.15) is 0 Å². The normalized spacial score (nSPS) is 10.8. The molecule has 0 spiro atoms. The molecule has 3 N–H and O–H groups in total. The van der Waals surface area contributed by atoms with Crippen molar-refractivity contribution in [2.75, 3.05) is 18.1 Å². The van der Waals surface area contributed by atoms with Crippen LogP contribution in [-0.4, -0.2) is 33.1 Å². The highest BCUT2D eigenvalue weighted by Crippen LogP contribution is 2.23. The van der Waals surface area contributed by atoms with E-state index in [-0.39, 0.29) is 18.3 Å². The minimum atomic E-state index is -0.0575. The molecule has 3 aromatic rings. The molecule has 0 radical (unpaired) electrons. The Hall–Kier alpha value is -2.52. The SMILES string of the molecule is Cc1cccc(C)c1OCc1nnc(SCC(=O)NCCc2cccs2)n1N. The number of carbonyl (C=O) groups excluding carboxylic acids is 1. The van der Waals surface area contributed by atoms with Gasteiger partial charge in [-0.25, -0.2) is 4.68 Å². The van der Waals surface area contributed by atoms with Gasteiger partial charge < -0.3 is 15.9 Å². The third-order valence-electron chi connectivity index (χ3n) is 4.10. The minimum Gasteiger partial charge on any atom is -0.485 e. The van der Waals surface area contributed by atoms with Crippen LogP contribution in [0.2, 0.25) is 0 Å². The molecule has 1 amide bonds. The summed E-state index contributed by atoms with van der Waals surface area (Å²) in [6.45, 7) is 4.81. The van der Waals surface area contributed by atoms with E-state index in [2.05, 4.69) is 21.6 Å². The fourth-order valence-electron chi connectivity index (χ4n) is 2.63. The van der Waals surface area contributed by atoms with Gasteiger partial charge in [-0.3, -0.25) is 4.79 Å². The van der Waals surface area contributed by atoms with Crippen molar-refractivity contribution in [3.63, 3.8) is 0 Å². The molecule has 0 saturated heterocycles. The van der Waals surface area contributed by atoms with E-state index < -0.39 is 0 Å². The first kappa shape index (κ1) is 20.2. The number of nitrogens with one attached hydrogen (secondary N) is 1. The van der Waals surface area contributed by atoms with Gasteiger partial charge in [0.05, 0.1) is 5.75 Å². The highest BCUT2D eigenvalue weighted by atomic mass is 32.2. The molecule has 148 valence electrons. The lowest BCUT2D eigenvalue weighted by Crippen LogP contribution is -2.27. The zero-order valence-corrected chi connectivity index (χ0v) is 17.5. The van der Waals surface area contributed by atoms with E-state index in [9.17, 15) is 4.79 Å². The Balaban J connectivity index is 1.47. The van der Waals surface area contributed by atoms with Crippen LogP contribution in [0, 0.1) is 13.8 Å². The molecule has 0 bridgehead atoms. The van der Waals surface area contributed by atoms with Crippen molar-refractivity contribution in [2.45, 2.75) is 32.0 Å². The molecule has 0 atom stereocenters. The molecule has 0 unspecified atom stereocenters. The first-order chi connectivity index (χ1) is 13.5. The van der Waals surface area contributed by atoms with Gasteiger partial charge in [0.1, 0.15) is 12.4 Å². The molecule has 0 aliphatic heterocycles. The van der Waals surface area contributed by atoms with Crippen LogP contribution in [0.25, 0.3) is 0 Å². The van der Waals surface area contributed by atoms with Crippen molar-refractivity contribution >= 4 is 29.0 Å². The predicted molar refractivity (Wildman–Crippen MR) is 112 cm³/mol. The molecule has 1 aromatic carbocycles. The molecular formula is C19H23N5O2S2. The maximum absolute atomic E-state index is 12.0. The average molecular weight is 418 g/mol. The van der Waals surface area contributed by atoms with Crippen molar-refractivity contribution in [3.8, 4) is 5.75 Å². The van der Waals surface area contributed by atoms with E-state index in [4.69, 9.17) is 10.6 Å². The van der Waals surface area contributed by atoms with E-state index >= 15 is 0 Å². The number of amides is 1. The lowest BCUT2D eigenvalue weighted by atomic mass is 10.1. The van der Waals surface area contributed by atoms with Crippen LogP contribution < -0.4 is 15.9 Å². The summed E-state index contributed by atoms with van der Waals surface area (Å²) in [5, 5.41) is 13.5. The summed E-state index contributed by atoms with van der Waals surface area (Å²) in [4.78, 5) is 13.3. The lowest BCUT2D eigenvalue weighted by molar-refractivity contribution is -0.118. The molecular weight excluding hydrogens is 394 g/mol. The van der Waals surface area contributed by atoms with Gasteiger partial charge >= 0.3 is 0 Å². The lowest BCUT2D eigenvalue weighted by Gasteiger charge is -2.11. The van der Waals surface area contributed by atoms with E-state index in [1.54, 1.807) is 11.3 Å². The molecule has 3 rings (SSSR count). The number of thiophene rings is 1. The maximum Gasteiger partial charge on any atom is 0.230 e. The molecule has 0 fully saturated rings. The van der Waals surface area contributed by atoms with Crippen LogP contribution in [-0.2, 0) is 17.8 Å². The van der Waals surface area contributed by atoms with Gasteiger partial charge in [0.15, 0.2) is 5.82 Å². The van der Waals surface area contributed by atoms with Crippen LogP contribution in [0.15, 0.2) is 40.9 Å². The quantitative estimate of drug-likeness (QED) is 0.411. The largest absolute Gasteiger partial charge is 0.485 e. The third kappa shape index (κ3) is 5.26. The van der Waals surface area contributed by atoms with E-state index in [1.807, 2.05) is 43.5 Å². The zero-order chi connectivity index (χ0) is 19.9. The smallest absolute Gasteiger partial charge is 0.230 e. The number of aryl methyl sites for hydroxylation is 2. The number of hydrogen-bond donors (Lipinski definition) is 2. The van der Waals surface area contributed by atoms with Gasteiger partial charge in [-0.05, 0) is 42.8 Å². The fourth-order valence-corrected chi connectivity index (χ4v) is 4.04. The Labute approximate surface area is 172 Å². The number of hydrogen-bond acceptors (Lipinski definition) is 7. The van der Waals surface area contributed by atoms with Crippen molar-refractivity contribution in [1.29, 1.82) is 0 Å². The number of rotatable bonds is 9. The average Bonchev–Trinajstić information content (AvgIpc) is 3.30. The first-order valence-electron chi connectivity index (χ1n) is 8.85. The molecule has 2 aromatic heterocycles. The number of benzene rings is 1. The fraction of sp³-hybridized carbons (Fsp3) is 0.316. The number of aromatic nitrogens is 3. The third-order valence-corrected chi connectivity index (χ3v) is 5.97. The molecule has 0 aliphatic rings. The molecule has 28 heavy (non-hydrogen) atoms. The van der Waals surface area contributed by atoms with Crippen LogP contribution in [0.5, 0.6) is 5.75 Å². The number of nitrogens with zero attached hydrogens (tertiary/aromatic N) is 3. The second-order valence-corrected chi connectivity index (χ2v) is 8.22. The molecule has 0 saturated carbocycles. The number of nitrogen functional groups attached to an aromatic ring is 1. The summed E-state index contributed by atoms with van der Waals surface area (Å²) in [6, 6.07) is 10.0. The summed E-state index contributed by atoms with van der Waals surface area (Å²) in [7, 11) is 0. The molecule has 0 aliphatic carbocycles. The Bertz CT molecular complexity index is 904. The minimum absolute atomic E-state index is 0.0575. The summed E-state index contributed by atoms with van der Waals surface area (Å²) < 4.78 is 7.24. The standard InChI is InChI=1S/C19H23N5O2S2/c1-13-5-3-6-14(2)18(13)26-11-16-22-23-19(24(16)20)28-12-17(25)21-9-8-15-7-4-10-27-15/h3-7,10H,8-9,11-12,20H2,1-2H3,(H,21,25). The van der Waals surface area contributed by atoms with Crippen LogP contribution in [0.4, 0.5) is 0 Å². The van der Waals surface area contributed by atoms with Crippen molar-refractivity contribution in [3.05, 3.63) is 57.5 Å². The number of thioether (sulfide) groups is 1. The van der Waals surface area contributed by atoms with Gasteiger partial charge in [0.2, 0.25) is 11.1 Å². The van der Waals surface area contributed by atoms with E-state index in [0.29, 0.717) is 17.5 Å². The maximum atomic E-state index is 12.0. The number of carbonyl (C=O) groups is 1. The monoisotopic (exact) mass is 417 g/mol. The highest BCUT2D eigenvalue weighted by Gasteiger charge is 2.14. The Morgan fingerprint density at radius 2 is 2.04 bits per heavy atom. The highest BCUT2D eigenvalue weighted by molar-refractivity contribution is 7.99. The van der Waals surface area contributed by atoms with Crippen molar-refractivity contribution in [2.24, 2.45) is 0 Å². The summed E-state index contributed by atoms with van der Waals surface area (Å²) in [6.07, 6.45) is 0.834. The van der Waals surface area contributed by atoms with Crippen LogP contribution >= 0.6 is 23.1 Å².